The highest BCUT2D eigenvalue weighted by molar-refractivity contribution is 7.97. The number of rotatable bonds is 3. The quantitative estimate of drug-likeness (QED) is 0.609. The van der Waals surface area contributed by atoms with Gasteiger partial charge in [-0.3, -0.25) is 0 Å². The van der Waals surface area contributed by atoms with Crippen molar-refractivity contribution >= 4 is 39.3 Å². The van der Waals surface area contributed by atoms with E-state index in [2.05, 4.69) is 15.4 Å². The van der Waals surface area contributed by atoms with Crippen LogP contribution in [0.3, 0.4) is 0 Å². The number of halogens is 1. The summed E-state index contributed by atoms with van der Waals surface area (Å²) >= 11 is 7.27. The zero-order valence-corrected chi connectivity index (χ0v) is 11.9. The van der Waals surface area contributed by atoms with E-state index in [-0.39, 0.29) is 16.1 Å². The lowest BCUT2D eigenvalue weighted by molar-refractivity contribution is 0.597. The molecule has 0 radical (unpaired) electrons. The molecule has 0 saturated carbocycles. The zero-order valence-electron chi connectivity index (χ0n) is 9.53. The van der Waals surface area contributed by atoms with E-state index in [1.165, 1.54) is 18.0 Å². The predicted octanol–water partition coefficient (Wildman–Crippen LogP) is 0.555. The van der Waals surface area contributed by atoms with Gasteiger partial charge < -0.3 is 10.6 Å². The van der Waals surface area contributed by atoms with Gasteiger partial charge in [0, 0.05) is 11.4 Å². The number of nitrogens with two attached hydrogens (primary N) is 1. The lowest BCUT2D eigenvalue weighted by atomic mass is 10.3. The average molecular weight is 309 g/mol. The first-order valence-electron chi connectivity index (χ1n) is 5.11. The van der Waals surface area contributed by atoms with E-state index in [9.17, 15) is 8.42 Å². The number of hydrogen-bond acceptors (Lipinski definition) is 6. The molecule has 5 N–H and O–H groups in total. The minimum Gasteiger partial charge on any atom is -0.367 e. The maximum atomic E-state index is 11.3. The summed E-state index contributed by atoms with van der Waals surface area (Å²) in [5, 5.41) is 11.4. The Morgan fingerprint density at radius 3 is 2.89 bits per heavy atom. The van der Waals surface area contributed by atoms with Crippen molar-refractivity contribution in [1.82, 2.24) is 10.0 Å². The Balaban J connectivity index is 2.36. The van der Waals surface area contributed by atoms with E-state index in [0.717, 1.165) is 17.1 Å². The fraction of sp³-hybridized carbons (Fsp3) is 0.333. The minimum absolute atomic E-state index is 0.0453. The van der Waals surface area contributed by atoms with Gasteiger partial charge in [-0.2, -0.15) is 0 Å². The van der Waals surface area contributed by atoms with Crippen molar-refractivity contribution in [2.75, 3.05) is 18.9 Å². The summed E-state index contributed by atoms with van der Waals surface area (Å²) in [6.07, 6.45) is 0.0453. The summed E-state index contributed by atoms with van der Waals surface area (Å²) in [5.74, 6) is 0. The number of fused-ring (bicyclic) bond motifs is 1. The number of likely N-dealkylation sites (N-methyl/N-ethyl adjacent to an activating group) is 1. The van der Waals surface area contributed by atoms with Crippen LogP contribution in [0.1, 0.15) is 0 Å². The van der Waals surface area contributed by atoms with Gasteiger partial charge in [0.2, 0.25) is 10.0 Å². The highest BCUT2D eigenvalue weighted by Crippen LogP contribution is 2.35. The highest BCUT2D eigenvalue weighted by atomic mass is 35.5. The topological polar surface area (TPSA) is 96.2 Å². The van der Waals surface area contributed by atoms with Crippen LogP contribution in [-0.4, -0.2) is 28.2 Å². The number of anilines is 1. The van der Waals surface area contributed by atoms with Crippen molar-refractivity contribution in [3.63, 3.8) is 0 Å². The third-order valence-corrected chi connectivity index (χ3v) is 4.73. The highest BCUT2D eigenvalue weighted by Gasteiger charge is 2.22. The number of nitrogens with one attached hydrogen (secondary N) is 3. The summed E-state index contributed by atoms with van der Waals surface area (Å²) in [5.41, 5.74) is 0.788. The van der Waals surface area contributed by atoms with Crippen LogP contribution in [-0.2, 0) is 10.0 Å². The summed E-state index contributed by atoms with van der Waals surface area (Å²) in [6, 6.07) is 3.04. The molecule has 0 fully saturated rings. The Morgan fingerprint density at radius 1 is 1.56 bits per heavy atom. The third kappa shape index (κ3) is 2.90. The van der Waals surface area contributed by atoms with Crippen molar-refractivity contribution in [2.45, 2.75) is 16.0 Å². The van der Waals surface area contributed by atoms with Crippen molar-refractivity contribution in [3.05, 3.63) is 17.2 Å². The van der Waals surface area contributed by atoms with Crippen LogP contribution in [0.5, 0.6) is 0 Å². The predicted molar refractivity (Wildman–Crippen MR) is 73.2 cm³/mol. The van der Waals surface area contributed by atoms with Crippen molar-refractivity contribution in [3.8, 4) is 0 Å². The fourth-order valence-electron chi connectivity index (χ4n) is 1.60. The second-order valence-corrected chi connectivity index (χ2v) is 6.62. The molecule has 1 heterocycles. The summed E-state index contributed by atoms with van der Waals surface area (Å²) in [4.78, 5) is 0.682. The van der Waals surface area contributed by atoms with E-state index in [4.69, 9.17) is 16.7 Å². The number of sulfonamides is 1. The van der Waals surface area contributed by atoms with Gasteiger partial charge in [-0.1, -0.05) is 11.6 Å². The standard InChI is InChI=1S/C9H13ClN4O2S2/c1-12-4-9-13-6-2-5(10)8(18(11,15)16)3-7(6)17-14-9/h2-3,9,12-14H,4H2,1H3,(H2,11,15,16). The molecule has 1 atom stereocenters. The van der Waals surface area contributed by atoms with Crippen molar-refractivity contribution in [2.24, 2.45) is 5.14 Å². The first-order chi connectivity index (χ1) is 8.41. The van der Waals surface area contributed by atoms with Gasteiger partial charge in [-0.15, -0.1) is 0 Å². The summed E-state index contributed by atoms with van der Waals surface area (Å²) in [6.45, 7) is 0.723. The van der Waals surface area contributed by atoms with Gasteiger partial charge in [0.25, 0.3) is 0 Å². The number of benzene rings is 1. The fourth-order valence-corrected chi connectivity index (χ4v) is 3.59. The molecule has 0 amide bonds. The van der Waals surface area contributed by atoms with E-state index >= 15 is 0 Å². The SMILES string of the molecule is CNCC1NSc2cc(S(N)(=O)=O)c(Cl)cc2N1. The van der Waals surface area contributed by atoms with Gasteiger partial charge >= 0.3 is 0 Å². The van der Waals surface area contributed by atoms with Gasteiger partial charge in [0.1, 0.15) is 4.90 Å². The monoisotopic (exact) mass is 308 g/mol. The molecule has 1 aliphatic rings. The molecule has 0 spiro atoms. The molecular formula is C9H13ClN4O2S2. The van der Waals surface area contributed by atoms with Crippen LogP contribution in [0.4, 0.5) is 5.69 Å². The lowest BCUT2D eigenvalue weighted by Gasteiger charge is -2.27. The third-order valence-electron chi connectivity index (χ3n) is 2.39. The molecule has 18 heavy (non-hydrogen) atoms. The molecule has 2 rings (SSSR count). The molecular weight excluding hydrogens is 296 g/mol. The van der Waals surface area contributed by atoms with Gasteiger partial charge in [0.15, 0.2) is 0 Å². The summed E-state index contributed by atoms with van der Waals surface area (Å²) < 4.78 is 25.8. The smallest absolute Gasteiger partial charge is 0.239 e. The molecule has 0 bridgehead atoms. The van der Waals surface area contributed by atoms with E-state index in [0.29, 0.717) is 0 Å². The first-order valence-corrected chi connectivity index (χ1v) is 7.86. The maximum absolute atomic E-state index is 11.3. The Hall–Kier alpha value is -0.510. The van der Waals surface area contributed by atoms with Crippen molar-refractivity contribution in [1.29, 1.82) is 0 Å². The van der Waals surface area contributed by atoms with Crippen LogP contribution in [0.2, 0.25) is 5.02 Å². The van der Waals surface area contributed by atoms with Crippen LogP contribution < -0.4 is 20.5 Å². The van der Waals surface area contributed by atoms with Crippen LogP contribution in [0.15, 0.2) is 21.9 Å². The Morgan fingerprint density at radius 2 is 2.28 bits per heavy atom. The molecule has 1 aromatic carbocycles. The normalized spacial score (nSPS) is 19.2. The molecule has 1 aliphatic heterocycles. The number of primary sulfonamides is 1. The number of hydrogen-bond donors (Lipinski definition) is 4. The van der Waals surface area contributed by atoms with Gasteiger partial charge in [-0.05, 0) is 31.1 Å². The molecule has 9 heteroatoms. The minimum atomic E-state index is -3.80. The molecule has 0 saturated heterocycles. The van der Waals surface area contributed by atoms with E-state index in [1.54, 1.807) is 6.07 Å². The largest absolute Gasteiger partial charge is 0.367 e. The Labute approximate surface area is 115 Å². The molecule has 0 aromatic heterocycles. The Kier molecular flexibility index (Phi) is 4.05. The van der Waals surface area contributed by atoms with E-state index in [1.807, 2.05) is 7.05 Å². The second kappa shape index (κ2) is 5.24. The van der Waals surface area contributed by atoms with Crippen LogP contribution in [0, 0.1) is 0 Å². The Bertz CT molecular complexity index is 564. The van der Waals surface area contributed by atoms with Gasteiger partial charge in [0.05, 0.1) is 16.9 Å². The second-order valence-electron chi connectivity index (χ2n) is 3.80. The first kappa shape index (κ1) is 13.9. The average Bonchev–Trinajstić information content (AvgIpc) is 2.27. The maximum Gasteiger partial charge on any atom is 0.239 e. The molecule has 6 nitrogen and oxygen atoms in total. The lowest BCUT2D eigenvalue weighted by Crippen LogP contribution is -2.42. The van der Waals surface area contributed by atoms with Crippen LogP contribution in [0.25, 0.3) is 0 Å². The van der Waals surface area contributed by atoms with Crippen molar-refractivity contribution < 1.29 is 8.42 Å². The molecule has 0 aliphatic carbocycles. The molecule has 100 valence electrons. The van der Waals surface area contributed by atoms with Crippen LogP contribution >= 0.6 is 23.5 Å². The molecule has 1 unspecified atom stereocenters. The van der Waals surface area contributed by atoms with Gasteiger partial charge in [-0.25, -0.2) is 18.3 Å². The zero-order chi connectivity index (χ0) is 13.3. The van der Waals surface area contributed by atoms with E-state index < -0.39 is 10.0 Å². The molecule has 1 aromatic rings. The summed E-state index contributed by atoms with van der Waals surface area (Å²) in [7, 11) is -1.96.